The number of anilines is 1. The SMILES string of the molecule is COc1cc(OC)nc(NC(=O)NS(=O)(=O)c2c(Cl)nc3ccc(OC)nn23)n1. The molecule has 3 rings (SSSR count). The third-order valence-corrected chi connectivity index (χ3v) is 5.09. The number of urea groups is 1. The van der Waals surface area contributed by atoms with Gasteiger partial charge < -0.3 is 14.2 Å². The van der Waals surface area contributed by atoms with Gasteiger partial charge in [-0.2, -0.15) is 22.9 Å². The van der Waals surface area contributed by atoms with Gasteiger partial charge in [-0.1, -0.05) is 11.6 Å². The highest BCUT2D eigenvalue weighted by Crippen LogP contribution is 2.23. The van der Waals surface area contributed by atoms with Gasteiger partial charge in [-0.25, -0.2) is 14.5 Å². The first-order chi connectivity index (χ1) is 13.8. The lowest BCUT2D eigenvalue weighted by Crippen LogP contribution is -2.35. The van der Waals surface area contributed by atoms with Crippen molar-refractivity contribution in [3.05, 3.63) is 23.4 Å². The summed E-state index contributed by atoms with van der Waals surface area (Å²) in [7, 11) is -0.421. The van der Waals surface area contributed by atoms with Gasteiger partial charge in [0.2, 0.25) is 28.6 Å². The molecule has 0 aliphatic carbocycles. The van der Waals surface area contributed by atoms with E-state index in [1.165, 1.54) is 39.5 Å². The Balaban J connectivity index is 1.89. The fourth-order valence-corrected chi connectivity index (χ4v) is 3.66. The van der Waals surface area contributed by atoms with Crippen LogP contribution in [0.15, 0.2) is 23.2 Å². The van der Waals surface area contributed by atoms with E-state index < -0.39 is 21.1 Å². The van der Waals surface area contributed by atoms with Crippen LogP contribution in [0.5, 0.6) is 17.6 Å². The lowest BCUT2D eigenvalue weighted by atomic mass is 10.5. The maximum absolute atomic E-state index is 12.7. The van der Waals surface area contributed by atoms with Gasteiger partial charge in [-0.15, -0.1) is 5.10 Å². The number of carbonyl (C=O) groups excluding carboxylic acids is 1. The molecule has 0 fully saturated rings. The number of halogens is 1. The van der Waals surface area contributed by atoms with Gasteiger partial charge in [0.25, 0.3) is 10.0 Å². The molecule has 15 heteroatoms. The first-order valence-electron chi connectivity index (χ1n) is 7.67. The zero-order valence-electron chi connectivity index (χ0n) is 15.2. The first kappa shape index (κ1) is 20.3. The molecule has 3 heterocycles. The molecule has 0 spiro atoms. The lowest BCUT2D eigenvalue weighted by molar-refractivity contribution is 0.256. The molecule has 0 unspecified atom stereocenters. The Labute approximate surface area is 169 Å². The number of imidazole rings is 1. The number of hydrogen-bond donors (Lipinski definition) is 2. The van der Waals surface area contributed by atoms with E-state index >= 15 is 0 Å². The molecule has 3 aromatic rings. The van der Waals surface area contributed by atoms with E-state index in [4.69, 9.17) is 25.8 Å². The summed E-state index contributed by atoms with van der Waals surface area (Å²) in [4.78, 5) is 23.8. The summed E-state index contributed by atoms with van der Waals surface area (Å²) in [5.41, 5.74) is 0.137. The molecule has 0 bridgehead atoms. The molecule has 0 saturated heterocycles. The van der Waals surface area contributed by atoms with Crippen molar-refractivity contribution in [2.75, 3.05) is 26.6 Å². The fraction of sp³-hybridized carbons (Fsp3) is 0.214. The molecule has 0 saturated carbocycles. The molecule has 0 radical (unpaired) electrons. The van der Waals surface area contributed by atoms with Gasteiger partial charge >= 0.3 is 6.03 Å². The van der Waals surface area contributed by atoms with E-state index in [9.17, 15) is 13.2 Å². The molecular formula is C14H14ClN7O6S. The Hall–Kier alpha value is -3.39. The number of hydrogen-bond acceptors (Lipinski definition) is 10. The largest absolute Gasteiger partial charge is 0.481 e. The zero-order valence-corrected chi connectivity index (χ0v) is 16.8. The second-order valence-corrected chi connectivity index (χ2v) is 7.15. The summed E-state index contributed by atoms with van der Waals surface area (Å²) in [5, 5.41) is 5.19. The van der Waals surface area contributed by atoms with Crippen LogP contribution >= 0.6 is 11.6 Å². The molecule has 13 nitrogen and oxygen atoms in total. The maximum Gasteiger partial charge on any atom is 0.335 e. The predicted octanol–water partition coefficient (Wildman–Crippen LogP) is 0.709. The second kappa shape index (κ2) is 7.92. The number of fused-ring (bicyclic) bond motifs is 1. The molecule has 2 N–H and O–H groups in total. The highest BCUT2D eigenvalue weighted by molar-refractivity contribution is 7.90. The van der Waals surface area contributed by atoms with Crippen LogP contribution in [0, 0.1) is 0 Å². The molecule has 29 heavy (non-hydrogen) atoms. The van der Waals surface area contributed by atoms with Crippen molar-refractivity contribution < 1.29 is 27.4 Å². The Kier molecular flexibility index (Phi) is 5.56. The van der Waals surface area contributed by atoms with Crippen molar-refractivity contribution in [3.8, 4) is 17.6 Å². The number of nitrogens with zero attached hydrogens (tertiary/aromatic N) is 5. The summed E-state index contributed by atoms with van der Waals surface area (Å²) in [5.74, 6) is 0.0505. The minimum absolute atomic E-state index is 0.0936. The molecule has 0 aliphatic heterocycles. The molecule has 0 aromatic carbocycles. The van der Waals surface area contributed by atoms with E-state index in [-0.39, 0.29) is 34.4 Å². The molecule has 0 atom stereocenters. The monoisotopic (exact) mass is 443 g/mol. The van der Waals surface area contributed by atoms with Crippen LogP contribution in [0.3, 0.4) is 0 Å². The Morgan fingerprint density at radius 3 is 2.24 bits per heavy atom. The number of carbonyl (C=O) groups is 1. The smallest absolute Gasteiger partial charge is 0.335 e. The van der Waals surface area contributed by atoms with Crippen LogP contribution in [-0.4, -0.2) is 60.3 Å². The lowest BCUT2D eigenvalue weighted by Gasteiger charge is -2.09. The quantitative estimate of drug-likeness (QED) is 0.555. The number of ether oxygens (including phenoxy) is 3. The molecular weight excluding hydrogens is 430 g/mol. The number of nitrogens with one attached hydrogen (secondary N) is 2. The zero-order chi connectivity index (χ0) is 21.2. The molecule has 3 aromatic heterocycles. The molecule has 0 aliphatic rings. The summed E-state index contributed by atoms with van der Waals surface area (Å²) in [6, 6.07) is 3.14. The number of aromatic nitrogens is 5. The van der Waals surface area contributed by atoms with E-state index in [2.05, 4.69) is 25.4 Å². The second-order valence-electron chi connectivity index (χ2n) is 5.19. The fourth-order valence-electron chi connectivity index (χ4n) is 2.17. The van der Waals surface area contributed by atoms with Gasteiger partial charge in [-0.05, 0) is 6.07 Å². The Morgan fingerprint density at radius 1 is 1.03 bits per heavy atom. The standard InChI is InChI=1S/C14H14ClN7O6S/c1-26-8-5-4-7-16-11(15)12(22(7)20-8)29(24,25)21-14(23)19-13-17-9(27-2)6-10(18-13)28-3/h4-6H,1-3H3,(H2,17,18,19,21,23). The van der Waals surface area contributed by atoms with Crippen molar-refractivity contribution in [1.29, 1.82) is 0 Å². The van der Waals surface area contributed by atoms with Crippen molar-refractivity contribution in [3.63, 3.8) is 0 Å². The Morgan fingerprint density at radius 2 is 1.66 bits per heavy atom. The number of rotatable bonds is 6. The number of methoxy groups -OCH3 is 3. The van der Waals surface area contributed by atoms with E-state index in [0.29, 0.717) is 0 Å². The van der Waals surface area contributed by atoms with Crippen LogP contribution in [0.4, 0.5) is 10.7 Å². The highest BCUT2D eigenvalue weighted by Gasteiger charge is 2.28. The topological polar surface area (TPSA) is 159 Å². The van der Waals surface area contributed by atoms with E-state index in [1.807, 2.05) is 0 Å². The first-order valence-corrected chi connectivity index (χ1v) is 9.53. The van der Waals surface area contributed by atoms with Gasteiger partial charge in [-0.3, -0.25) is 5.32 Å². The van der Waals surface area contributed by atoms with Crippen LogP contribution in [-0.2, 0) is 10.0 Å². The maximum atomic E-state index is 12.7. The Bertz CT molecular complexity index is 1160. The van der Waals surface area contributed by atoms with E-state index in [0.717, 1.165) is 4.52 Å². The van der Waals surface area contributed by atoms with Gasteiger partial charge in [0.1, 0.15) is 0 Å². The van der Waals surface area contributed by atoms with Crippen molar-refractivity contribution in [2.45, 2.75) is 5.03 Å². The third-order valence-electron chi connectivity index (χ3n) is 3.39. The van der Waals surface area contributed by atoms with Gasteiger partial charge in [0.05, 0.1) is 27.4 Å². The molecule has 154 valence electrons. The van der Waals surface area contributed by atoms with Crippen LogP contribution < -0.4 is 24.2 Å². The average Bonchev–Trinajstić information content (AvgIpc) is 3.02. The van der Waals surface area contributed by atoms with Crippen LogP contribution in [0.25, 0.3) is 5.65 Å². The van der Waals surface area contributed by atoms with Gasteiger partial charge in [0.15, 0.2) is 10.8 Å². The summed E-state index contributed by atoms with van der Waals surface area (Å²) in [6.07, 6.45) is 0. The highest BCUT2D eigenvalue weighted by atomic mass is 35.5. The van der Waals surface area contributed by atoms with Crippen molar-refractivity contribution in [1.82, 2.24) is 29.3 Å². The summed E-state index contributed by atoms with van der Waals surface area (Å²) >= 11 is 5.95. The summed E-state index contributed by atoms with van der Waals surface area (Å²) < 4.78 is 43.0. The summed E-state index contributed by atoms with van der Waals surface area (Å²) in [6.45, 7) is 0. The average molecular weight is 444 g/mol. The van der Waals surface area contributed by atoms with E-state index in [1.54, 1.807) is 4.72 Å². The number of sulfonamides is 1. The normalized spacial score (nSPS) is 11.2. The van der Waals surface area contributed by atoms with Crippen molar-refractivity contribution >= 4 is 39.3 Å². The minimum atomic E-state index is -4.48. The minimum Gasteiger partial charge on any atom is -0.481 e. The number of amides is 2. The third kappa shape index (κ3) is 4.22. The van der Waals surface area contributed by atoms with Crippen LogP contribution in [0.1, 0.15) is 0 Å². The van der Waals surface area contributed by atoms with Crippen LogP contribution in [0.2, 0.25) is 5.15 Å². The van der Waals surface area contributed by atoms with Gasteiger partial charge in [0, 0.05) is 6.07 Å². The van der Waals surface area contributed by atoms with Crippen molar-refractivity contribution in [2.24, 2.45) is 0 Å². The molecule has 2 amide bonds. The predicted molar refractivity (Wildman–Crippen MR) is 99.0 cm³/mol.